The normalized spacial score (nSPS) is 10.7. The Bertz CT molecular complexity index is 984. The minimum Gasteiger partial charge on any atom is -0.490 e. The predicted octanol–water partition coefficient (Wildman–Crippen LogP) is 4.01. The summed E-state index contributed by atoms with van der Waals surface area (Å²) < 4.78 is 7.49. The van der Waals surface area contributed by atoms with Crippen LogP contribution in [0.4, 0.5) is 0 Å². The van der Waals surface area contributed by atoms with Crippen LogP contribution in [0.3, 0.4) is 0 Å². The molecule has 3 aromatic rings. The van der Waals surface area contributed by atoms with Crippen LogP contribution in [0.15, 0.2) is 48.7 Å². The highest BCUT2D eigenvalue weighted by Gasteiger charge is 2.28. The molecule has 0 bridgehead atoms. The number of fused-ring (bicyclic) bond motifs is 1. The fourth-order valence-electron chi connectivity index (χ4n) is 3.24. The van der Waals surface area contributed by atoms with Crippen LogP contribution in [-0.2, 0) is 15.0 Å². The number of rotatable bonds is 6. The van der Waals surface area contributed by atoms with Crippen molar-refractivity contribution in [2.75, 3.05) is 6.61 Å². The maximum Gasteiger partial charge on any atom is 0.373 e. The number of carbonyl (C=O) groups is 1. The van der Waals surface area contributed by atoms with Crippen molar-refractivity contribution in [3.8, 4) is 5.75 Å². The molecule has 0 atom stereocenters. The lowest BCUT2D eigenvalue weighted by molar-refractivity contribution is -0.191. The van der Waals surface area contributed by atoms with Gasteiger partial charge in [-0.1, -0.05) is 44.2 Å². The smallest absolute Gasteiger partial charge is 0.373 e. The van der Waals surface area contributed by atoms with Gasteiger partial charge in [0, 0.05) is 12.6 Å². The molecule has 146 valence electrons. The number of aromatic nitrogens is 2. The zero-order valence-electron chi connectivity index (χ0n) is 16.6. The van der Waals surface area contributed by atoms with Gasteiger partial charge >= 0.3 is 6.15 Å². The van der Waals surface area contributed by atoms with E-state index in [-0.39, 0.29) is 17.3 Å². The first-order chi connectivity index (χ1) is 13.4. The number of Topliss-reactive ketones (excluding diaryl/α,β-unsaturated/α-hetero) is 1. The van der Waals surface area contributed by atoms with Crippen LogP contribution in [0.25, 0.3) is 5.65 Å². The average molecular weight is 380 g/mol. The molecule has 2 aromatic heterocycles. The summed E-state index contributed by atoms with van der Waals surface area (Å²) in [6.07, 6.45) is 2.55. The second-order valence-electron chi connectivity index (χ2n) is 6.98. The highest BCUT2D eigenvalue weighted by Crippen LogP contribution is 2.30. The molecule has 0 amide bonds. The maximum absolute atomic E-state index is 13.1. The van der Waals surface area contributed by atoms with Crippen molar-refractivity contribution >= 4 is 17.6 Å². The molecule has 6 nitrogen and oxygen atoms in total. The van der Waals surface area contributed by atoms with E-state index in [1.165, 1.54) is 0 Å². The van der Waals surface area contributed by atoms with Gasteiger partial charge in [0.15, 0.2) is 17.2 Å². The second kappa shape index (κ2) is 9.11. The number of hydrogen-bond donors (Lipinski definition) is 0. The molecule has 3 rings (SSSR count). The standard InChI is InChI=1S/C21H24N2O2.CO2/c1-5-25-18-12-9-13-23-19(15(2)22-20(18)23)17(24)14-21(3,4)16-10-7-6-8-11-16;2-1-3/h6-13H,5,14H2,1-4H3;. The maximum atomic E-state index is 13.1. The van der Waals surface area contributed by atoms with Crippen molar-refractivity contribution in [3.05, 3.63) is 65.6 Å². The third kappa shape index (κ3) is 4.53. The number of ether oxygens (including phenoxy) is 1. The summed E-state index contributed by atoms with van der Waals surface area (Å²) in [5.41, 5.74) is 2.99. The van der Waals surface area contributed by atoms with Crippen LogP contribution in [0.1, 0.15) is 48.9 Å². The van der Waals surface area contributed by atoms with E-state index in [2.05, 4.69) is 31.0 Å². The van der Waals surface area contributed by atoms with Crippen LogP contribution < -0.4 is 4.74 Å². The van der Waals surface area contributed by atoms with E-state index in [0.29, 0.717) is 30.1 Å². The summed E-state index contributed by atoms with van der Waals surface area (Å²) in [4.78, 5) is 33.9. The molecular formula is C22H24N2O4. The van der Waals surface area contributed by atoms with Crippen molar-refractivity contribution in [2.24, 2.45) is 0 Å². The minimum absolute atomic E-state index is 0.0903. The van der Waals surface area contributed by atoms with Crippen molar-refractivity contribution in [2.45, 2.75) is 39.5 Å². The third-order valence-electron chi connectivity index (χ3n) is 4.51. The SMILES string of the molecule is CCOc1cccn2c(C(=O)CC(C)(C)c3ccccc3)c(C)nc12.O=C=O. The molecule has 0 unspecified atom stereocenters. The first kappa shape index (κ1) is 21.1. The molecule has 0 saturated heterocycles. The molecule has 0 fully saturated rings. The highest BCUT2D eigenvalue weighted by molar-refractivity contribution is 5.97. The first-order valence-electron chi connectivity index (χ1n) is 9.04. The third-order valence-corrected chi connectivity index (χ3v) is 4.51. The Morgan fingerprint density at radius 1 is 1.14 bits per heavy atom. The van der Waals surface area contributed by atoms with Crippen molar-refractivity contribution in [1.82, 2.24) is 9.38 Å². The van der Waals surface area contributed by atoms with Gasteiger partial charge in [-0.05, 0) is 37.0 Å². The van der Waals surface area contributed by atoms with E-state index in [1.807, 2.05) is 54.8 Å². The molecule has 0 radical (unpaired) electrons. The van der Waals surface area contributed by atoms with Gasteiger partial charge in [-0.15, -0.1) is 0 Å². The van der Waals surface area contributed by atoms with Crippen LogP contribution in [0, 0.1) is 6.92 Å². The van der Waals surface area contributed by atoms with Crippen molar-refractivity contribution < 1.29 is 19.1 Å². The Hall–Kier alpha value is -3.24. The molecule has 28 heavy (non-hydrogen) atoms. The molecule has 0 aliphatic rings. The predicted molar refractivity (Wildman–Crippen MR) is 105 cm³/mol. The summed E-state index contributed by atoms with van der Waals surface area (Å²) in [6.45, 7) is 8.59. The zero-order valence-corrected chi connectivity index (χ0v) is 16.6. The van der Waals surface area contributed by atoms with E-state index in [9.17, 15) is 4.79 Å². The fraction of sp³-hybridized carbons (Fsp3) is 0.318. The Kier molecular flexibility index (Phi) is 6.85. The second-order valence-corrected chi connectivity index (χ2v) is 6.98. The van der Waals surface area contributed by atoms with Gasteiger partial charge in [-0.2, -0.15) is 9.59 Å². The molecule has 2 heterocycles. The Morgan fingerprint density at radius 2 is 1.79 bits per heavy atom. The van der Waals surface area contributed by atoms with Crippen molar-refractivity contribution in [3.63, 3.8) is 0 Å². The van der Waals surface area contributed by atoms with Gasteiger partial charge in [0.2, 0.25) is 0 Å². The molecule has 0 saturated carbocycles. The van der Waals surface area contributed by atoms with Gasteiger partial charge in [0.05, 0.1) is 12.3 Å². The quantitative estimate of drug-likeness (QED) is 0.604. The topological polar surface area (TPSA) is 77.7 Å². The van der Waals surface area contributed by atoms with Crippen LogP contribution >= 0.6 is 0 Å². The number of benzene rings is 1. The summed E-state index contributed by atoms with van der Waals surface area (Å²) in [5.74, 6) is 0.793. The summed E-state index contributed by atoms with van der Waals surface area (Å²) in [7, 11) is 0. The summed E-state index contributed by atoms with van der Waals surface area (Å²) in [6, 6.07) is 13.9. The van der Waals surface area contributed by atoms with E-state index in [4.69, 9.17) is 14.3 Å². The van der Waals surface area contributed by atoms with Gasteiger partial charge < -0.3 is 4.74 Å². The fourth-order valence-corrected chi connectivity index (χ4v) is 3.24. The average Bonchev–Trinajstić information content (AvgIpc) is 3.00. The molecule has 0 aliphatic heterocycles. The monoisotopic (exact) mass is 380 g/mol. The summed E-state index contributed by atoms with van der Waals surface area (Å²) in [5, 5.41) is 0. The Morgan fingerprint density at radius 3 is 2.39 bits per heavy atom. The largest absolute Gasteiger partial charge is 0.490 e. The number of carbonyl (C=O) groups excluding carboxylic acids is 3. The number of pyridine rings is 1. The molecule has 1 aromatic carbocycles. The lowest BCUT2D eigenvalue weighted by Gasteiger charge is -2.24. The van der Waals surface area contributed by atoms with Crippen LogP contribution in [0.5, 0.6) is 5.75 Å². The number of nitrogens with zero attached hydrogens (tertiary/aromatic N) is 2. The molecule has 0 N–H and O–H groups in total. The lowest BCUT2D eigenvalue weighted by Crippen LogP contribution is -2.23. The highest BCUT2D eigenvalue weighted by atomic mass is 16.5. The molecule has 0 aliphatic carbocycles. The van der Waals surface area contributed by atoms with Crippen LogP contribution in [0.2, 0.25) is 0 Å². The molecular weight excluding hydrogens is 356 g/mol. The lowest BCUT2D eigenvalue weighted by atomic mass is 9.79. The molecule has 6 heteroatoms. The van der Waals surface area contributed by atoms with Crippen molar-refractivity contribution in [1.29, 1.82) is 0 Å². The van der Waals surface area contributed by atoms with Gasteiger partial charge in [0.1, 0.15) is 5.69 Å². The number of ketones is 1. The number of imidazole rings is 1. The summed E-state index contributed by atoms with van der Waals surface area (Å²) >= 11 is 0. The zero-order chi connectivity index (χ0) is 20.7. The van der Waals surface area contributed by atoms with E-state index in [0.717, 1.165) is 11.3 Å². The van der Waals surface area contributed by atoms with Gasteiger partial charge in [0.25, 0.3) is 0 Å². The molecule has 0 spiro atoms. The number of aryl methyl sites for hydroxylation is 1. The van der Waals surface area contributed by atoms with Crippen LogP contribution in [-0.4, -0.2) is 27.9 Å². The van der Waals surface area contributed by atoms with E-state index >= 15 is 0 Å². The number of hydrogen-bond acceptors (Lipinski definition) is 5. The first-order valence-corrected chi connectivity index (χ1v) is 9.04. The van der Waals surface area contributed by atoms with E-state index < -0.39 is 0 Å². The minimum atomic E-state index is -0.244. The van der Waals surface area contributed by atoms with Gasteiger partial charge in [-0.3, -0.25) is 9.20 Å². The Balaban J connectivity index is 0.000000878. The Labute approximate surface area is 164 Å². The van der Waals surface area contributed by atoms with E-state index in [1.54, 1.807) is 0 Å². The van der Waals surface area contributed by atoms with Gasteiger partial charge in [-0.25, -0.2) is 4.98 Å².